The fourth-order valence-corrected chi connectivity index (χ4v) is 2.86. The van der Waals surface area contributed by atoms with Crippen LogP contribution in [0.3, 0.4) is 0 Å². The van der Waals surface area contributed by atoms with Crippen molar-refractivity contribution in [3.63, 3.8) is 0 Å². The molecular weight excluding hydrogens is 374 g/mol. The van der Waals surface area contributed by atoms with E-state index in [1.807, 2.05) is 62.4 Å². The summed E-state index contributed by atoms with van der Waals surface area (Å²) in [7, 11) is 0. The van der Waals surface area contributed by atoms with Crippen LogP contribution in [0.1, 0.15) is 24.5 Å². The number of rotatable bonds is 7. The number of para-hydroxylation sites is 1. The summed E-state index contributed by atoms with van der Waals surface area (Å²) in [4.78, 5) is 12.5. The number of hydrogen-bond acceptors (Lipinski definition) is 4. The van der Waals surface area contributed by atoms with Gasteiger partial charge in [-0.3, -0.25) is 0 Å². The molecule has 0 bridgehead atoms. The molecule has 0 aromatic heterocycles. The van der Waals surface area contributed by atoms with Gasteiger partial charge in [0.1, 0.15) is 23.1 Å². The lowest BCUT2D eigenvalue weighted by Gasteiger charge is -2.09. The van der Waals surface area contributed by atoms with Crippen LogP contribution in [-0.4, -0.2) is 12.6 Å². The molecule has 0 saturated heterocycles. The SMILES string of the molecule is CCCOc1ccccc1/C=C(\C#N)C(=O)Oc1ccc(-c2ccc(C)cc2)cc1. The topological polar surface area (TPSA) is 59.3 Å². The Morgan fingerprint density at radius 1 is 0.967 bits per heavy atom. The Labute approximate surface area is 177 Å². The Morgan fingerprint density at radius 2 is 1.60 bits per heavy atom. The highest BCUT2D eigenvalue weighted by Crippen LogP contribution is 2.24. The van der Waals surface area contributed by atoms with Crippen LogP contribution in [0.5, 0.6) is 11.5 Å². The monoisotopic (exact) mass is 397 g/mol. The standard InChI is InChI=1S/C26H23NO3/c1-3-16-29-25-7-5-4-6-22(25)17-23(18-27)26(28)30-24-14-12-21(13-15-24)20-10-8-19(2)9-11-20/h4-15,17H,3,16H2,1-2H3/b23-17+. The molecule has 0 aliphatic heterocycles. The third-order valence-corrected chi connectivity index (χ3v) is 4.47. The first kappa shape index (κ1) is 20.9. The number of nitriles is 1. The zero-order valence-corrected chi connectivity index (χ0v) is 17.1. The number of carbonyl (C=O) groups is 1. The molecule has 3 aromatic rings. The molecule has 0 atom stereocenters. The van der Waals surface area contributed by atoms with Crippen LogP contribution >= 0.6 is 0 Å². The highest BCUT2D eigenvalue weighted by molar-refractivity contribution is 5.99. The number of aryl methyl sites for hydroxylation is 1. The second-order valence-electron chi connectivity index (χ2n) is 6.84. The van der Waals surface area contributed by atoms with Crippen LogP contribution < -0.4 is 9.47 Å². The molecule has 30 heavy (non-hydrogen) atoms. The Hall–Kier alpha value is -3.84. The van der Waals surface area contributed by atoms with Gasteiger partial charge in [0.15, 0.2) is 0 Å². The first-order valence-electron chi connectivity index (χ1n) is 9.83. The lowest BCUT2D eigenvalue weighted by atomic mass is 10.0. The summed E-state index contributed by atoms with van der Waals surface area (Å²) in [5.74, 6) is 0.306. The Morgan fingerprint density at radius 3 is 2.23 bits per heavy atom. The summed E-state index contributed by atoms with van der Waals surface area (Å²) >= 11 is 0. The summed E-state index contributed by atoms with van der Waals surface area (Å²) < 4.78 is 11.1. The fourth-order valence-electron chi connectivity index (χ4n) is 2.86. The van der Waals surface area contributed by atoms with Gasteiger partial charge in [0, 0.05) is 5.56 Å². The first-order chi connectivity index (χ1) is 14.6. The largest absolute Gasteiger partial charge is 0.493 e. The first-order valence-corrected chi connectivity index (χ1v) is 9.83. The van der Waals surface area contributed by atoms with Gasteiger partial charge in [-0.1, -0.05) is 67.1 Å². The van der Waals surface area contributed by atoms with E-state index in [0.717, 1.165) is 17.5 Å². The summed E-state index contributed by atoms with van der Waals surface area (Å²) in [6, 6.07) is 24.6. The highest BCUT2D eigenvalue weighted by atomic mass is 16.5. The lowest BCUT2D eigenvalue weighted by Crippen LogP contribution is -2.10. The molecule has 0 unspecified atom stereocenters. The normalized spacial score (nSPS) is 10.9. The van der Waals surface area contributed by atoms with Crippen LogP contribution in [0.25, 0.3) is 17.2 Å². The van der Waals surface area contributed by atoms with Gasteiger partial charge in [0.25, 0.3) is 0 Å². The quantitative estimate of drug-likeness (QED) is 0.213. The van der Waals surface area contributed by atoms with E-state index in [-0.39, 0.29) is 5.57 Å². The number of benzene rings is 3. The number of carbonyl (C=O) groups excluding carboxylic acids is 1. The van der Waals surface area contributed by atoms with Gasteiger partial charge in [-0.25, -0.2) is 4.79 Å². The van der Waals surface area contributed by atoms with E-state index in [1.54, 1.807) is 18.2 Å². The van der Waals surface area contributed by atoms with Crippen molar-refractivity contribution in [1.82, 2.24) is 0 Å². The fraction of sp³-hybridized carbons (Fsp3) is 0.154. The molecule has 0 fully saturated rings. The molecule has 3 aromatic carbocycles. The van der Waals surface area contributed by atoms with Crippen molar-refractivity contribution in [2.75, 3.05) is 6.61 Å². The zero-order chi connectivity index (χ0) is 21.3. The molecule has 0 spiro atoms. The average Bonchev–Trinajstić information content (AvgIpc) is 2.77. The van der Waals surface area contributed by atoms with Gasteiger partial charge in [-0.2, -0.15) is 5.26 Å². The molecule has 150 valence electrons. The van der Waals surface area contributed by atoms with E-state index in [0.29, 0.717) is 23.7 Å². The molecule has 0 radical (unpaired) electrons. The molecule has 4 nitrogen and oxygen atoms in total. The van der Waals surface area contributed by atoms with E-state index in [4.69, 9.17) is 9.47 Å². The minimum Gasteiger partial charge on any atom is -0.493 e. The van der Waals surface area contributed by atoms with Crippen molar-refractivity contribution in [1.29, 1.82) is 5.26 Å². The molecular formula is C26H23NO3. The molecule has 4 heteroatoms. The van der Waals surface area contributed by atoms with Crippen LogP contribution in [0.4, 0.5) is 0 Å². The maximum Gasteiger partial charge on any atom is 0.354 e. The number of esters is 1. The maximum absolute atomic E-state index is 12.5. The van der Waals surface area contributed by atoms with Gasteiger partial charge in [0.2, 0.25) is 0 Å². The second kappa shape index (κ2) is 10.1. The lowest BCUT2D eigenvalue weighted by molar-refractivity contribution is -0.129. The molecule has 3 rings (SSSR count). The van der Waals surface area contributed by atoms with E-state index in [2.05, 4.69) is 12.1 Å². The average molecular weight is 397 g/mol. The van der Waals surface area contributed by atoms with E-state index in [9.17, 15) is 10.1 Å². The minimum absolute atomic E-state index is 0.0924. The van der Waals surface area contributed by atoms with Crippen LogP contribution in [-0.2, 0) is 4.79 Å². The Kier molecular flexibility index (Phi) is 7.02. The van der Waals surface area contributed by atoms with Crippen molar-refractivity contribution in [3.8, 4) is 28.7 Å². The predicted molar refractivity (Wildman–Crippen MR) is 118 cm³/mol. The second-order valence-corrected chi connectivity index (χ2v) is 6.84. The Bertz CT molecular complexity index is 1070. The molecule has 0 saturated carbocycles. The number of hydrogen-bond donors (Lipinski definition) is 0. The molecule has 0 aliphatic rings. The molecule has 0 amide bonds. The van der Waals surface area contributed by atoms with Crippen LogP contribution in [0, 0.1) is 18.3 Å². The smallest absolute Gasteiger partial charge is 0.354 e. The van der Waals surface area contributed by atoms with Crippen molar-refractivity contribution >= 4 is 12.0 Å². The molecule has 0 aliphatic carbocycles. The van der Waals surface area contributed by atoms with E-state index >= 15 is 0 Å². The maximum atomic E-state index is 12.5. The van der Waals surface area contributed by atoms with Crippen molar-refractivity contribution in [2.45, 2.75) is 20.3 Å². The van der Waals surface area contributed by atoms with Gasteiger partial charge >= 0.3 is 5.97 Å². The van der Waals surface area contributed by atoms with Gasteiger partial charge in [-0.15, -0.1) is 0 Å². The third kappa shape index (κ3) is 5.36. The van der Waals surface area contributed by atoms with Crippen molar-refractivity contribution in [3.05, 3.63) is 89.5 Å². The number of ether oxygens (including phenoxy) is 2. The van der Waals surface area contributed by atoms with E-state index < -0.39 is 5.97 Å². The molecule has 0 N–H and O–H groups in total. The minimum atomic E-state index is -0.703. The van der Waals surface area contributed by atoms with Gasteiger partial charge in [-0.05, 0) is 48.7 Å². The van der Waals surface area contributed by atoms with Gasteiger partial charge in [0.05, 0.1) is 6.61 Å². The third-order valence-electron chi connectivity index (χ3n) is 4.47. The summed E-state index contributed by atoms with van der Waals surface area (Å²) in [6.45, 7) is 4.62. The summed E-state index contributed by atoms with van der Waals surface area (Å²) in [5.41, 5.74) is 3.87. The number of nitrogens with zero attached hydrogens (tertiary/aromatic N) is 1. The Balaban J connectivity index is 1.75. The summed E-state index contributed by atoms with van der Waals surface area (Å²) in [6.07, 6.45) is 2.36. The zero-order valence-electron chi connectivity index (χ0n) is 17.1. The van der Waals surface area contributed by atoms with E-state index in [1.165, 1.54) is 11.6 Å². The van der Waals surface area contributed by atoms with Gasteiger partial charge < -0.3 is 9.47 Å². The van der Waals surface area contributed by atoms with Crippen LogP contribution in [0.2, 0.25) is 0 Å². The highest BCUT2D eigenvalue weighted by Gasteiger charge is 2.14. The van der Waals surface area contributed by atoms with Crippen molar-refractivity contribution < 1.29 is 14.3 Å². The predicted octanol–water partition coefficient (Wildman–Crippen LogP) is 5.96. The van der Waals surface area contributed by atoms with Crippen molar-refractivity contribution in [2.24, 2.45) is 0 Å². The molecule has 0 heterocycles. The van der Waals surface area contributed by atoms with Crippen LogP contribution in [0.15, 0.2) is 78.4 Å². The summed E-state index contributed by atoms with van der Waals surface area (Å²) in [5, 5.41) is 9.46.